The van der Waals surface area contributed by atoms with Crippen LogP contribution in [0.1, 0.15) is 6.92 Å². The fraction of sp³-hybridized carbons (Fsp3) is 0.357. The maximum absolute atomic E-state index is 9.76. The largest absolute Gasteiger partial charge is 0.491 e. The third-order valence-electron chi connectivity index (χ3n) is 2.30. The molecule has 0 aromatic heterocycles. The van der Waals surface area contributed by atoms with E-state index in [9.17, 15) is 5.11 Å². The zero-order valence-electron chi connectivity index (χ0n) is 11.5. The van der Waals surface area contributed by atoms with Gasteiger partial charge in [-0.05, 0) is 53.8 Å². The Labute approximate surface area is 133 Å². The molecule has 4 N–H and O–H groups in total. The van der Waals surface area contributed by atoms with Gasteiger partial charge in [-0.1, -0.05) is 12.2 Å². The van der Waals surface area contributed by atoms with E-state index in [0.29, 0.717) is 12.5 Å². The summed E-state index contributed by atoms with van der Waals surface area (Å²) >= 11 is 2.22. The van der Waals surface area contributed by atoms with Gasteiger partial charge in [0, 0.05) is 10.1 Å². The maximum Gasteiger partial charge on any atom is 0.188 e. The molecule has 0 heterocycles. The Morgan fingerprint density at radius 3 is 2.75 bits per heavy atom. The summed E-state index contributed by atoms with van der Waals surface area (Å²) in [5.41, 5.74) is 6.60. The van der Waals surface area contributed by atoms with Crippen molar-refractivity contribution in [2.75, 3.05) is 19.7 Å². The molecule has 1 aromatic carbocycles. The van der Waals surface area contributed by atoms with Gasteiger partial charge in [0.25, 0.3) is 0 Å². The highest BCUT2D eigenvalue weighted by molar-refractivity contribution is 14.1. The van der Waals surface area contributed by atoms with Crippen molar-refractivity contribution >= 4 is 28.6 Å². The van der Waals surface area contributed by atoms with Crippen molar-refractivity contribution in [3.63, 3.8) is 0 Å². The minimum Gasteiger partial charge on any atom is -0.491 e. The Hall–Kier alpha value is -1.28. The zero-order valence-corrected chi connectivity index (χ0v) is 13.6. The first-order chi connectivity index (χ1) is 9.47. The van der Waals surface area contributed by atoms with Gasteiger partial charge in [-0.2, -0.15) is 0 Å². The molecule has 20 heavy (non-hydrogen) atoms. The lowest BCUT2D eigenvalue weighted by molar-refractivity contribution is 0.114. The molecule has 0 aliphatic heterocycles. The number of halogens is 1. The molecule has 0 saturated carbocycles. The second kappa shape index (κ2) is 8.80. The lowest BCUT2D eigenvalue weighted by Crippen LogP contribution is -2.34. The molecule has 0 fully saturated rings. The Bertz CT molecular complexity index is 460. The molecule has 0 amide bonds. The molecule has 0 aliphatic rings. The molecule has 1 rings (SSSR count). The highest BCUT2D eigenvalue weighted by Crippen LogP contribution is 2.13. The number of ether oxygens (including phenoxy) is 1. The van der Waals surface area contributed by atoms with Gasteiger partial charge in [0.15, 0.2) is 5.96 Å². The highest BCUT2D eigenvalue weighted by atomic mass is 127. The number of aliphatic imine (C=N–C) groups is 1. The zero-order chi connectivity index (χ0) is 15.0. The Kier molecular flexibility index (Phi) is 7.38. The van der Waals surface area contributed by atoms with Crippen molar-refractivity contribution in [2.24, 2.45) is 10.7 Å². The van der Waals surface area contributed by atoms with Gasteiger partial charge in [-0.15, -0.1) is 0 Å². The first kappa shape index (κ1) is 16.8. The minimum absolute atomic E-state index is 0.178. The predicted octanol–water partition coefficient (Wildman–Crippen LogP) is 1.51. The smallest absolute Gasteiger partial charge is 0.188 e. The molecule has 5 nitrogen and oxygen atoms in total. The summed E-state index contributed by atoms with van der Waals surface area (Å²) in [7, 11) is 0. The summed E-state index contributed by atoms with van der Waals surface area (Å²) in [4.78, 5) is 4.03. The monoisotopic (exact) mass is 389 g/mol. The van der Waals surface area contributed by atoms with Crippen LogP contribution in [0.3, 0.4) is 0 Å². The van der Waals surface area contributed by atoms with E-state index in [1.807, 2.05) is 31.2 Å². The van der Waals surface area contributed by atoms with Crippen LogP contribution in [0.4, 0.5) is 0 Å². The molecule has 0 radical (unpaired) electrons. The molecule has 0 spiro atoms. The SMILES string of the molecule is C=C(C)CNC(N)=NCC(O)COc1ccc(I)cc1. The highest BCUT2D eigenvalue weighted by Gasteiger charge is 2.05. The number of nitrogens with zero attached hydrogens (tertiary/aromatic N) is 1. The molecule has 0 saturated heterocycles. The second-order valence-electron chi connectivity index (χ2n) is 4.46. The van der Waals surface area contributed by atoms with E-state index in [-0.39, 0.29) is 13.2 Å². The third kappa shape index (κ3) is 7.34. The molecule has 0 bridgehead atoms. The number of rotatable bonds is 7. The van der Waals surface area contributed by atoms with Gasteiger partial charge < -0.3 is 20.9 Å². The molecular formula is C14H20IN3O2. The first-order valence-corrected chi connectivity index (χ1v) is 7.30. The van der Waals surface area contributed by atoms with Crippen LogP contribution in [0.2, 0.25) is 0 Å². The van der Waals surface area contributed by atoms with Gasteiger partial charge in [0.2, 0.25) is 0 Å². The van der Waals surface area contributed by atoms with Crippen molar-refractivity contribution < 1.29 is 9.84 Å². The van der Waals surface area contributed by atoms with E-state index in [0.717, 1.165) is 14.9 Å². The number of benzene rings is 1. The number of nitrogens with one attached hydrogen (secondary N) is 1. The summed E-state index contributed by atoms with van der Waals surface area (Å²) in [6.07, 6.45) is -0.695. The van der Waals surface area contributed by atoms with Crippen LogP contribution in [0.5, 0.6) is 5.75 Å². The van der Waals surface area contributed by atoms with E-state index >= 15 is 0 Å². The fourth-order valence-electron chi connectivity index (χ4n) is 1.28. The van der Waals surface area contributed by atoms with Crippen LogP contribution < -0.4 is 15.8 Å². The summed E-state index contributed by atoms with van der Waals surface area (Å²) in [5, 5.41) is 12.6. The molecule has 1 aromatic rings. The predicted molar refractivity (Wildman–Crippen MR) is 90.0 cm³/mol. The number of aliphatic hydroxyl groups excluding tert-OH is 1. The average molecular weight is 389 g/mol. The number of hydrogen-bond acceptors (Lipinski definition) is 3. The number of hydrogen-bond donors (Lipinski definition) is 3. The van der Waals surface area contributed by atoms with Crippen LogP contribution in [-0.4, -0.2) is 36.9 Å². The van der Waals surface area contributed by atoms with Crippen LogP contribution in [0.15, 0.2) is 41.4 Å². The topological polar surface area (TPSA) is 79.9 Å². The molecular weight excluding hydrogens is 369 g/mol. The fourth-order valence-corrected chi connectivity index (χ4v) is 1.64. The van der Waals surface area contributed by atoms with Crippen LogP contribution in [-0.2, 0) is 0 Å². The van der Waals surface area contributed by atoms with E-state index in [1.54, 1.807) is 0 Å². The summed E-state index contributed by atoms with van der Waals surface area (Å²) < 4.78 is 6.59. The molecule has 1 unspecified atom stereocenters. The third-order valence-corrected chi connectivity index (χ3v) is 3.02. The lowest BCUT2D eigenvalue weighted by Gasteiger charge is -2.11. The van der Waals surface area contributed by atoms with Gasteiger partial charge in [-0.3, -0.25) is 4.99 Å². The van der Waals surface area contributed by atoms with E-state index < -0.39 is 6.10 Å². The first-order valence-electron chi connectivity index (χ1n) is 6.22. The Balaban J connectivity index is 2.29. The van der Waals surface area contributed by atoms with Crippen LogP contribution in [0.25, 0.3) is 0 Å². The molecule has 0 aliphatic carbocycles. The van der Waals surface area contributed by atoms with Gasteiger partial charge in [0.1, 0.15) is 18.5 Å². The second-order valence-corrected chi connectivity index (χ2v) is 5.70. The summed E-state index contributed by atoms with van der Waals surface area (Å²) in [6, 6.07) is 7.61. The van der Waals surface area contributed by atoms with Gasteiger partial charge >= 0.3 is 0 Å². The minimum atomic E-state index is -0.695. The van der Waals surface area contributed by atoms with Crippen LogP contribution >= 0.6 is 22.6 Å². The summed E-state index contributed by atoms with van der Waals surface area (Å²) in [6.45, 7) is 6.59. The van der Waals surface area contributed by atoms with E-state index in [1.165, 1.54) is 0 Å². The molecule has 1 atom stereocenters. The van der Waals surface area contributed by atoms with E-state index in [4.69, 9.17) is 10.5 Å². The molecule has 110 valence electrons. The normalized spacial score (nSPS) is 12.8. The number of nitrogens with two attached hydrogens (primary N) is 1. The number of aliphatic hydroxyl groups is 1. The van der Waals surface area contributed by atoms with Crippen LogP contribution in [0, 0.1) is 3.57 Å². The van der Waals surface area contributed by atoms with E-state index in [2.05, 4.69) is 39.5 Å². The van der Waals surface area contributed by atoms with Gasteiger partial charge in [-0.25, -0.2) is 0 Å². The van der Waals surface area contributed by atoms with Gasteiger partial charge in [0.05, 0.1) is 6.54 Å². The summed E-state index contributed by atoms with van der Waals surface area (Å²) in [5.74, 6) is 1.02. The van der Waals surface area contributed by atoms with Crippen molar-refractivity contribution in [3.8, 4) is 5.75 Å². The quantitative estimate of drug-likeness (QED) is 0.286. The lowest BCUT2D eigenvalue weighted by atomic mass is 10.3. The molecule has 6 heteroatoms. The van der Waals surface area contributed by atoms with Crippen molar-refractivity contribution in [1.29, 1.82) is 0 Å². The average Bonchev–Trinajstić information content (AvgIpc) is 2.42. The van der Waals surface area contributed by atoms with Crippen molar-refractivity contribution in [1.82, 2.24) is 5.32 Å². The maximum atomic E-state index is 9.76. The number of guanidine groups is 1. The van der Waals surface area contributed by atoms with Crippen molar-refractivity contribution in [2.45, 2.75) is 13.0 Å². The standard InChI is InChI=1S/C14H20IN3O2/c1-10(2)7-17-14(16)18-8-12(19)9-20-13-5-3-11(15)4-6-13/h3-6,12,19H,1,7-9H2,2H3,(H3,16,17,18). The van der Waals surface area contributed by atoms with Crippen molar-refractivity contribution in [3.05, 3.63) is 40.0 Å². The Morgan fingerprint density at radius 1 is 1.50 bits per heavy atom. The Morgan fingerprint density at radius 2 is 2.15 bits per heavy atom.